The van der Waals surface area contributed by atoms with Gasteiger partial charge in [0.1, 0.15) is 17.3 Å². The van der Waals surface area contributed by atoms with E-state index in [1.807, 2.05) is 0 Å². The van der Waals surface area contributed by atoms with Crippen LogP contribution in [0, 0.1) is 12.7 Å². The lowest BCUT2D eigenvalue weighted by molar-refractivity contribution is 0.0947. The lowest BCUT2D eigenvalue weighted by Crippen LogP contribution is -2.27. The van der Waals surface area contributed by atoms with E-state index in [9.17, 15) is 9.18 Å². The van der Waals surface area contributed by atoms with Crippen molar-refractivity contribution in [3.63, 3.8) is 0 Å². The number of carbonyl (C=O) groups is 1. The number of nitrogens with one attached hydrogen (secondary N) is 2. The molecule has 0 atom stereocenters. The molecule has 0 spiro atoms. The summed E-state index contributed by atoms with van der Waals surface area (Å²) in [6, 6.07) is 8.00. The van der Waals surface area contributed by atoms with Crippen molar-refractivity contribution in [3.05, 3.63) is 59.6 Å². The van der Waals surface area contributed by atoms with Crippen LogP contribution >= 0.6 is 0 Å². The molecule has 3 heterocycles. The molecule has 4 aromatic rings. The van der Waals surface area contributed by atoms with Crippen LogP contribution in [0.15, 0.2) is 36.5 Å². The largest absolute Gasteiger partial charge is 0.493 e. The van der Waals surface area contributed by atoms with Gasteiger partial charge in [0.2, 0.25) is 0 Å². The van der Waals surface area contributed by atoms with Gasteiger partial charge in [-0.2, -0.15) is 0 Å². The number of aromatic nitrogens is 4. The number of H-pyrrole nitrogens is 1. The third-order valence-electron chi connectivity index (χ3n) is 4.36. The smallest absolute Gasteiger partial charge is 0.270 e. The fourth-order valence-electron chi connectivity index (χ4n) is 3.12. The molecule has 3 aromatic heterocycles. The molecule has 0 aliphatic heterocycles. The molecule has 0 unspecified atom stereocenters. The van der Waals surface area contributed by atoms with E-state index in [0.29, 0.717) is 52.6 Å². The summed E-state index contributed by atoms with van der Waals surface area (Å²) in [6.07, 6.45) is 2.28. The number of methoxy groups -OCH3 is 1. The van der Waals surface area contributed by atoms with Crippen LogP contribution in [0.1, 0.15) is 22.0 Å². The predicted molar refractivity (Wildman–Crippen MR) is 98.6 cm³/mol. The van der Waals surface area contributed by atoms with Gasteiger partial charge in [0.05, 0.1) is 23.8 Å². The van der Waals surface area contributed by atoms with Crippen LogP contribution < -0.4 is 10.1 Å². The number of halogens is 1. The maximum atomic E-state index is 13.3. The number of hydrogen-bond donors (Lipinski definition) is 2. The Labute approximate surface area is 154 Å². The number of benzene rings is 1. The van der Waals surface area contributed by atoms with Gasteiger partial charge in [-0.3, -0.25) is 9.20 Å². The summed E-state index contributed by atoms with van der Waals surface area (Å²) in [6.45, 7) is 2.17. The molecule has 0 aliphatic carbocycles. The summed E-state index contributed by atoms with van der Waals surface area (Å²) >= 11 is 0. The van der Waals surface area contributed by atoms with Crippen LogP contribution in [-0.2, 0) is 6.42 Å². The second-order valence-electron chi connectivity index (χ2n) is 6.17. The number of fused-ring (bicyclic) bond motifs is 2. The summed E-state index contributed by atoms with van der Waals surface area (Å²) < 4.78 is 20.3. The Morgan fingerprint density at radius 1 is 1.33 bits per heavy atom. The Hall–Kier alpha value is -3.42. The first-order valence-electron chi connectivity index (χ1n) is 8.51. The van der Waals surface area contributed by atoms with Crippen LogP contribution in [0.4, 0.5) is 4.39 Å². The number of pyridine rings is 1. The van der Waals surface area contributed by atoms with Crippen LogP contribution in [0.25, 0.3) is 16.7 Å². The van der Waals surface area contributed by atoms with E-state index < -0.39 is 0 Å². The normalized spacial score (nSPS) is 11.2. The summed E-state index contributed by atoms with van der Waals surface area (Å²) in [5.74, 6) is 0.751. The van der Waals surface area contributed by atoms with E-state index in [2.05, 4.69) is 20.3 Å². The summed E-state index contributed by atoms with van der Waals surface area (Å²) in [4.78, 5) is 24.5. The van der Waals surface area contributed by atoms with Gasteiger partial charge >= 0.3 is 0 Å². The van der Waals surface area contributed by atoms with Gasteiger partial charge in [0, 0.05) is 19.2 Å². The van der Waals surface area contributed by atoms with Crippen LogP contribution in [0.3, 0.4) is 0 Å². The van der Waals surface area contributed by atoms with E-state index in [-0.39, 0.29) is 11.7 Å². The van der Waals surface area contributed by atoms with Crippen LogP contribution in [-0.4, -0.2) is 38.9 Å². The van der Waals surface area contributed by atoms with E-state index in [0.717, 1.165) is 0 Å². The first-order valence-corrected chi connectivity index (χ1v) is 8.51. The molecule has 0 saturated carbocycles. The molecule has 0 fully saturated rings. The number of carbonyl (C=O) groups excluding carboxylic acids is 1. The lowest BCUT2D eigenvalue weighted by Gasteiger charge is -2.06. The number of nitrogens with zero attached hydrogens (tertiary/aromatic N) is 3. The molecule has 7 nitrogen and oxygen atoms in total. The van der Waals surface area contributed by atoms with Crippen molar-refractivity contribution >= 4 is 22.6 Å². The number of aryl methyl sites for hydroxylation is 1. The first kappa shape index (κ1) is 17.0. The standard InChI is InChI=1S/C19H18FN5O2/c1-11-17(25-9-3-4-15(27-2)18(25)22-11)19(26)21-8-7-16-23-13-6-5-12(20)10-14(13)24-16/h3-6,9-10H,7-8H2,1-2H3,(H,21,26)(H,23,24). The molecule has 2 N–H and O–H groups in total. The zero-order valence-electron chi connectivity index (χ0n) is 14.9. The molecule has 138 valence electrons. The monoisotopic (exact) mass is 367 g/mol. The van der Waals surface area contributed by atoms with E-state index >= 15 is 0 Å². The Morgan fingerprint density at radius 3 is 3.00 bits per heavy atom. The van der Waals surface area contributed by atoms with Crippen molar-refractivity contribution in [1.82, 2.24) is 24.7 Å². The number of rotatable bonds is 5. The zero-order chi connectivity index (χ0) is 19.0. The number of hydrogen-bond acceptors (Lipinski definition) is 4. The highest BCUT2D eigenvalue weighted by atomic mass is 19.1. The Balaban J connectivity index is 1.49. The SMILES string of the molecule is COc1cccn2c(C(=O)NCCc3nc4ccc(F)cc4[nH]3)c(C)nc12. The Morgan fingerprint density at radius 2 is 2.19 bits per heavy atom. The minimum absolute atomic E-state index is 0.226. The Kier molecular flexibility index (Phi) is 4.23. The molecule has 27 heavy (non-hydrogen) atoms. The molecule has 0 saturated heterocycles. The van der Waals surface area contributed by atoms with Gasteiger partial charge in [-0.25, -0.2) is 14.4 Å². The van der Waals surface area contributed by atoms with E-state index in [1.165, 1.54) is 12.1 Å². The molecule has 0 radical (unpaired) electrons. The molecule has 0 bridgehead atoms. The summed E-state index contributed by atoms with van der Waals surface area (Å²) in [7, 11) is 1.57. The molecular formula is C19H18FN5O2. The topological polar surface area (TPSA) is 84.3 Å². The van der Waals surface area contributed by atoms with Crippen molar-refractivity contribution in [2.24, 2.45) is 0 Å². The van der Waals surface area contributed by atoms with Crippen LogP contribution in [0.2, 0.25) is 0 Å². The quantitative estimate of drug-likeness (QED) is 0.568. The van der Waals surface area contributed by atoms with Crippen molar-refractivity contribution < 1.29 is 13.9 Å². The highest BCUT2D eigenvalue weighted by Gasteiger charge is 2.18. The van der Waals surface area contributed by atoms with Gasteiger partial charge in [-0.1, -0.05) is 0 Å². The molecule has 1 aromatic carbocycles. The minimum Gasteiger partial charge on any atom is -0.493 e. The van der Waals surface area contributed by atoms with E-state index in [1.54, 1.807) is 42.8 Å². The van der Waals surface area contributed by atoms with Gasteiger partial charge < -0.3 is 15.0 Å². The summed E-state index contributed by atoms with van der Waals surface area (Å²) in [5.41, 5.74) is 3.03. The van der Waals surface area contributed by atoms with Crippen molar-refractivity contribution in [1.29, 1.82) is 0 Å². The average Bonchev–Trinajstić information content (AvgIpc) is 3.20. The second kappa shape index (κ2) is 6.71. The molecule has 1 amide bonds. The molecule has 0 aliphatic rings. The molecule has 4 rings (SSSR count). The van der Waals surface area contributed by atoms with Crippen molar-refractivity contribution in [2.75, 3.05) is 13.7 Å². The lowest BCUT2D eigenvalue weighted by atomic mass is 10.3. The number of amides is 1. The average molecular weight is 367 g/mol. The first-order chi connectivity index (χ1) is 13.1. The predicted octanol–water partition coefficient (Wildman–Crippen LogP) is 2.64. The zero-order valence-corrected chi connectivity index (χ0v) is 14.9. The van der Waals surface area contributed by atoms with Gasteiger partial charge in [-0.15, -0.1) is 0 Å². The number of aromatic amines is 1. The highest BCUT2D eigenvalue weighted by Crippen LogP contribution is 2.21. The number of imidazole rings is 2. The van der Waals surface area contributed by atoms with Gasteiger partial charge in [-0.05, 0) is 37.3 Å². The minimum atomic E-state index is -0.315. The molecule has 8 heteroatoms. The van der Waals surface area contributed by atoms with Gasteiger partial charge in [0.25, 0.3) is 5.91 Å². The second-order valence-corrected chi connectivity index (χ2v) is 6.17. The maximum Gasteiger partial charge on any atom is 0.270 e. The molecular weight excluding hydrogens is 349 g/mol. The highest BCUT2D eigenvalue weighted by molar-refractivity contribution is 5.95. The van der Waals surface area contributed by atoms with Gasteiger partial charge in [0.15, 0.2) is 11.4 Å². The fraction of sp³-hybridized carbons (Fsp3) is 0.211. The summed E-state index contributed by atoms with van der Waals surface area (Å²) in [5, 5.41) is 2.89. The van der Waals surface area contributed by atoms with Crippen molar-refractivity contribution in [2.45, 2.75) is 13.3 Å². The van der Waals surface area contributed by atoms with Crippen molar-refractivity contribution in [3.8, 4) is 5.75 Å². The Bertz CT molecular complexity index is 1150. The third kappa shape index (κ3) is 3.10. The third-order valence-corrected chi connectivity index (χ3v) is 4.36. The fourth-order valence-corrected chi connectivity index (χ4v) is 3.12. The van der Waals surface area contributed by atoms with E-state index in [4.69, 9.17) is 4.74 Å². The van der Waals surface area contributed by atoms with Crippen LogP contribution in [0.5, 0.6) is 5.75 Å². The maximum absolute atomic E-state index is 13.3. The number of ether oxygens (including phenoxy) is 1.